The molecule has 2 aromatic rings. The molecule has 20 heavy (non-hydrogen) atoms. The van der Waals surface area contributed by atoms with Crippen molar-refractivity contribution in [3.05, 3.63) is 48.5 Å². The Labute approximate surface area is 112 Å². The lowest BCUT2D eigenvalue weighted by Crippen LogP contribution is -2.11. The predicted octanol–water partition coefficient (Wildman–Crippen LogP) is 3.01. The molecule has 106 valence electrons. The molecule has 8 heteroatoms. The summed E-state index contributed by atoms with van der Waals surface area (Å²) < 4.78 is 65.4. The van der Waals surface area contributed by atoms with E-state index in [-0.39, 0.29) is 11.5 Å². The van der Waals surface area contributed by atoms with Crippen molar-refractivity contribution in [2.24, 2.45) is 0 Å². The lowest BCUT2D eigenvalue weighted by Gasteiger charge is -2.07. The number of benzene rings is 1. The van der Waals surface area contributed by atoms with Gasteiger partial charge in [-0.1, -0.05) is 0 Å². The van der Waals surface area contributed by atoms with Gasteiger partial charge in [0.15, 0.2) is 5.75 Å². The average Bonchev–Trinajstić information content (AvgIpc) is 2.42. The Morgan fingerprint density at radius 1 is 1.10 bits per heavy atom. The first kappa shape index (κ1) is 14.3. The van der Waals surface area contributed by atoms with Crippen molar-refractivity contribution in [3.8, 4) is 11.5 Å². The van der Waals surface area contributed by atoms with Gasteiger partial charge >= 0.3 is 5.76 Å². The normalized spacial score (nSPS) is 11.6. The summed E-state index contributed by atoms with van der Waals surface area (Å²) in [6, 6.07) is 7.01. The molecule has 0 saturated carbocycles. The van der Waals surface area contributed by atoms with Crippen LogP contribution in [0.5, 0.6) is 11.5 Å². The third-order valence-corrected chi connectivity index (χ3v) is 3.74. The Balaban J connectivity index is 2.24. The molecule has 0 saturated heterocycles. The number of hydrogen-bond donors (Lipinski definition) is 0. The molecule has 0 spiro atoms. The Hall–Kier alpha value is -2.09. The van der Waals surface area contributed by atoms with Crippen molar-refractivity contribution in [1.82, 2.24) is 4.98 Å². The molecule has 0 bridgehead atoms. The van der Waals surface area contributed by atoms with Crippen molar-refractivity contribution in [2.75, 3.05) is 0 Å². The van der Waals surface area contributed by atoms with Gasteiger partial charge in [-0.3, -0.25) is 0 Å². The minimum atomic E-state index is -4.65. The molecule has 0 radical (unpaired) electrons. The Morgan fingerprint density at radius 2 is 1.75 bits per heavy atom. The zero-order valence-electron chi connectivity index (χ0n) is 9.83. The predicted molar refractivity (Wildman–Crippen MR) is 63.9 cm³/mol. The monoisotopic (exact) mass is 303 g/mol. The van der Waals surface area contributed by atoms with Crippen LogP contribution in [0.2, 0.25) is 0 Å². The summed E-state index contributed by atoms with van der Waals surface area (Å²) in [5.41, 5.74) is 0. The average molecular weight is 303 g/mol. The molecule has 0 unspecified atom stereocenters. The van der Waals surface area contributed by atoms with E-state index in [1.807, 2.05) is 0 Å². The lowest BCUT2D eigenvalue weighted by atomic mass is 10.3. The smallest absolute Gasteiger partial charge is 0.341 e. The van der Waals surface area contributed by atoms with E-state index < -0.39 is 26.4 Å². The van der Waals surface area contributed by atoms with Gasteiger partial charge in [0.1, 0.15) is 5.75 Å². The van der Waals surface area contributed by atoms with E-state index in [4.69, 9.17) is 4.74 Å². The molecule has 1 aromatic heterocycles. The maximum absolute atomic E-state index is 13.2. The van der Waals surface area contributed by atoms with Crippen LogP contribution < -0.4 is 4.74 Å². The number of halogens is 3. The van der Waals surface area contributed by atoms with Crippen LogP contribution >= 0.6 is 0 Å². The van der Waals surface area contributed by atoms with Gasteiger partial charge in [0.25, 0.3) is 5.95 Å². The van der Waals surface area contributed by atoms with Crippen LogP contribution in [0.15, 0.2) is 47.5 Å². The number of hydrogen-bond acceptors (Lipinski definition) is 4. The number of sulfone groups is 1. The zero-order valence-corrected chi connectivity index (χ0v) is 10.6. The van der Waals surface area contributed by atoms with Crippen LogP contribution in [-0.2, 0) is 9.84 Å². The first-order valence-corrected chi connectivity index (χ1v) is 6.86. The molecule has 0 aliphatic carbocycles. The second-order valence-electron chi connectivity index (χ2n) is 3.67. The van der Waals surface area contributed by atoms with E-state index in [9.17, 15) is 21.6 Å². The third kappa shape index (κ3) is 2.90. The number of nitrogens with zero attached hydrogens (tertiary/aromatic N) is 1. The number of alkyl halides is 2. The molecule has 4 nitrogen and oxygen atoms in total. The Morgan fingerprint density at radius 3 is 2.30 bits per heavy atom. The molecular weight excluding hydrogens is 295 g/mol. The van der Waals surface area contributed by atoms with E-state index in [0.29, 0.717) is 0 Å². The van der Waals surface area contributed by atoms with Gasteiger partial charge in [0.2, 0.25) is 9.84 Å². The van der Waals surface area contributed by atoms with Gasteiger partial charge in [-0.15, -0.1) is 0 Å². The largest absolute Gasteiger partial charge is 0.453 e. The fourth-order valence-corrected chi connectivity index (χ4v) is 2.10. The maximum Gasteiger partial charge on any atom is 0.341 e. The number of ether oxygens (including phenoxy) is 1. The topological polar surface area (TPSA) is 56.3 Å². The van der Waals surface area contributed by atoms with Gasteiger partial charge in [-0.25, -0.2) is 13.4 Å². The molecule has 0 fully saturated rings. The van der Waals surface area contributed by atoms with E-state index in [1.54, 1.807) is 0 Å². The fraction of sp³-hybridized carbons (Fsp3) is 0.0833. The summed E-state index contributed by atoms with van der Waals surface area (Å²) in [5, 5.41) is 0. The summed E-state index contributed by atoms with van der Waals surface area (Å²) in [7, 11) is -4.65. The van der Waals surface area contributed by atoms with Crippen molar-refractivity contribution in [1.29, 1.82) is 0 Å². The Kier molecular flexibility index (Phi) is 3.93. The van der Waals surface area contributed by atoms with Gasteiger partial charge in [0, 0.05) is 6.20 Å². The van der Waals surface area contributed by atoms with Crippen LogP contribution in [0.25, 0.3) is 0 Å². The van der Waals surface area contributed by atoms with Gasteiger partial charge in [-0.2, -0.15) is 13.2 Å². The molecule has 2 rings (SSSR count). The molecule has 0 atom stereocenters. The number of aromatic nitrogens is 1. The maximum atomic E-state index is 13.2. The van der Waals surface area contributed by atoms with Gasteiger partial charge in [0.05, 0.1) is 4.90 Å². The van der Waals surface area contributed by atoms with Crippen LogP contribution in [-0.4, -0.2) is 19.2 Å². The molecule has 0 aliphatic heterocycles. The number of pyridine rings is 1. The summed E-state index contributed by atoms with van der Waals surface area (Å²) in [5.74, 6) is -4.39. The van der Waals surface area contributed by atoms with Crippen LogP contribution in [0.4, 0.5) is 13.2 Å². The van der Waals surface area contributed by atoms with Crippen LogP contribution in [0, 0.1) is 5.95 Å². The Bertz CT molecular complexity index is 702. The van der Waals surface area contributed by atoms with Crippen molar-refractivity contribution >= 4 is 9.84 Å². The number of rotatable bonds is 4. The molecule has 0 N–H and O–H groups in total. The second kappa shape index (κ2) is 5.49. The standard InChI is InChI=1S/C12H8F3NO3S/c13-11-10(2-1-7-16-11)19-8-3-5-9(6-4-8)20(17,18)12(14)15/h1-7,12H. The summed E-state index contributed by atoms with van der Waals surface area (Å²) in [4.78, 5) is 2.83. The highest BCUT2D eigenvalue weighted by molar-refractivity contribution is 7.91. The van der Waals surface area contributed by atoms with E-state index >= 15 is 0 Å². The van der Waals surface area contributed by atoms with E-state index in [0.717, 1.165) is 24.3 Å². The van der Waals surface area contributed by atoms with Crippen LogP contribution in [0.3, 0.4) is 0 Å². The van der Waals surface area contributed by atoms with Gasteiger partial charge < -0.3 is 4.74 Å². The molecular formula is C12H8F3NO3S. The molecule has 1 aromatic carbocycles. The van der Waals surface area contributed by atoms with Crippen LogP contribution in [0.1, 0.15) is 0 Å². The summed E-state index contributed by atoms with van der Waals surface area (Å²) in [6.45, 7) is 0. The summed E-state index contributed by atoms with van der Waals surface area (Å²) >= 11 is 0. The highest BCUT2D eigenvalue weighted by Crippen LogP contribution is 2.25. The first-order chi connectivity index (χ1) is 9.41. The quantitative estimate of drug-likeness (QED) is 0.815. The second-order valence-corrected chi connectivity index (χ2v) is 5.59. The SMILES string of the molecule is O=S(=O)(c1ccc(Oc2cccnc2F)cc1)C(F)F. The summed E-state index contributed by atoms with van der Waals surface area (Å²) in [6.07, 6.45) is 1.24. The third-order valence-electron chi connectivity index (χ3n) is 2.34. The van der Waals surface area contributed by atoms with Gasteiger partial charge in [-0.05, 0) is 36.4 Å². The minimum Gasteiger partial charge on any atom is -0.453 e. The van der Waals surface area contributed by atoms with Crippen molar-refractivity contribution in [3.63, 3.8) is 0 Å². The first-order valence-electron chi connectivity index (χ1n) is 5.32. The molecule has 1 heterocycles. The molecule has 0 aliphatic rings. The highest BCUT2D eigenvalue weighted by atomic mass is 32.2. The lowest BCUT2D eigenvalue weighted by molar-refractivity contribution is 0.234. The minimum absolute atomic E-state index is 0.102. The molecule has 0 amide bonds. The van der Waals surface area contributed by atoms with E-state index in [2.05, 4.69) is 4.98 Å². The zero-order chi connectivity index (χ0) is 14.8. The van der Waals surface area contributed by atoms with E-state index in [1.165, 1.54) is 18.3 Å². The van der Waals surface area contributed by atoms with Crippen molar-refractivity contribution in [2.45, 2.75) is 10.7 Å². The highest BCUT2D eigenvalue weighted by Gasteiger charge is 2.26. The fourth-order valence-electron chi connectivity index (χ4n) is 1.37. The van der Waals surface area contributed by atoms with Crippen molar-refractivity contribution < 1.29 is 26.3 Å².